The molecule has 0 spiro atoms. The maximum absolute atomic E-state index is 11.3. The van der Waals surface area contributed by atoms with E-state index in [2.05, 4.69) is 0 Å². The minimum absolute atomic E-state index is 0.182. The van der Waals surface area contributed by atoms with Gasteiger partial charge in [0, 0.05) is 18.4 Å². The molecule has 8 heteroatoms. The number of alkyl halides is 1. The van der Waals surface area contributed by atoms with E-state index >= 15 is 0 Å². The van der Waals surface area contributed by atoms with E-state index in [1.807, 2.05) is 0 Å². The number of nitro benzene ring substituents is 1. The molecule has 0 aliphatic heterocycles. The number of aliphatic hydroxyl groups excluding tert-OH is 1. The van der Waals surface area contributed by atoms with Crippen molar-refractivity contribution in [3.05, 3.63) is 39.9 Å². The molecule has 17 heavy (non-hydrogen) atoms. The summed E-state index contributed by atoms with van der Waals surface area (Å²) in [6.07, 6.45) is -0.282. The molecule has 0 heterocycles. The Labute approximate surface area is 112 Å². The molecule has 2 atom stereocenters. The molecule has 1 N–H and O–H groups in total. The number of hydrogen-bond acceptors (Lipinski definition) is 5. The highest BCUT2D eigenvalue weighted by molar-refractivity contribution is 14.1. The lowest BCUT2D eigenvalue weighted by atomic mass is 10.1. The zero-order valence-corrected chi connectivity index (χ0v) is 11.8. The number of benzene rings is 1. The zero-order valence-electron chi connectivity index (χ0n) is 8.78. The van der Waals surface area contributed by atoms with Gasteiger partial charge in [0.2, 0.25) is 0 Å². The van der Waals surface area contributed by atoms with Crippen LogP contribution in [0, 0.1) is 10.1 Å². The van der Waals surface area contributed by atoms with Crippen molar-refractivity contribution in [1.29, 1.82) is 0 Å². The van der Waals surface area contributed by atoms with Crippen molar-refractivity contribution >= 4 is 38.1 Å². The Morgan fingerprint density at radius 1 is 1.47 bits per heavy atom. The van der Waals surface area contributed by atoms with Crippen molar-refractivity contribution in [2.24, 2.45) is 0 Å². The van der Waals surface area contributed by atoms with Gasteiger partial charge in [-0.05, 0) is 5.56 Å². The average Bonchev–Trinajstić information content (AvgIpc) is 2.26. The van der Waals surface area contributed by atoms with Crippen LogP contribution in [0.15, 0.2) is 24.3 Å². The van der Waals surface area contributed by atoms with Gasteiger partial charge in [0.05, 0.1) is 4.92 Å². The van der Waals surface area contributed by atoms with Crippen molar-refractivity contribution in [1.82, 2.24) is 0 Å². The summed E-state index contributed by atoms with van der Waals surface area (Å²) in [5.74, 6) is 0. The van der Waals surface area contributed by atoms with Crippen LogP contribution in [0.2, 0.25) is 0 Å². The summed E-state index contributed by atoms with van der Waals surface area (Å²) in [4.78, 5) is 9.95. The average molecular weight is 371 g/mol. The van der Waals surface area contributed by atoms with Crippen LogP contribution in [-0.2, 0) is 9.84 Å². The monoisotopic (exact) mass is 371 g/mol. The Morgan fingerprint density at radius 3 is 2.53 bits per heavy atom. The number of halogens is 1. The summed E-state index contributed by atoms with van der Waals surface area (Å²) in [7, 11) is -3.42. The third-order valence-electron chi connectivity index (χ3n) is 2.08. The molecular weight excluding hydrogens is 361 g/mol. The number of sulfone groups is 1. The fourth-order valence-corrected chi connectivity index (χ4v) is 2.25. The van der Waals surface area contributed by atoms with Gasteiger partial charge in [-0.2, -0.15) is 0 Å². The van der Waals surface area contributed by atoms with Crippen LogP contribution in [-0.4, -0.2) is 28.0 Å². The highest BCUT2D eigenvalue weighted by Crippen LogP contribution is 2.28. The number of aliphatic hydroxyl groups is 1. The highest BCUT2D eigenvalue weighted by atomic mass is 127. The van der Waals surface area contributed by atoms with E-state index < -0.39 is 24.1 Å². The maximum Gasteiger partial charge on any atom is 0.269 e. The molecule has 0 radical (unpaired) electrons. The van der Waals surface area contributed by atoms with Crippen molar-refractivity contribution in [2.45, 2.75) is 9.36 Å². The van der Waals surface area contributed by atoms with Crippen molar-refractivity contribution < 1.29 is 18.4 Å². The van der Waals surface area contributed by atoms with Gasteiger partial charge >= 0.3 is 0 Å². The summed E-state index contributed by atoms with van der Waals surface area (Å²) in [5.41, 5.74) is 0.0303. The number of non-ortho nitro benzene ring substituents is 1. The predicted molar refractivity (Wildman–Crippen MR) is 70.7 cm³/mol. The van der Waals surface area contributed by atoms with Crippen LogP contribution < -0.4 is 0 Å². The molecule has 0 unspecified atom stereocenters. The first kappa shape index (κ1) is 14.3. The van der Waals surface area contributed by atoms with Crippen LogP contribution in [0.1, 0.15) is 11.7 Å². The molecule has 1 aromatic rings. The second kappa shape index (κ2) is 5.27. The van der Waals surface area contributed by atoms with Crippen molar-refractivity contribution in [3.63, 3.8) is 0 Å². The molecule has 0 saturated carbocycles. The summed E-state index contributed by atoms with van der Waals surface area (Å²) in [5, 5.41) is 20.4. The quantitative estimate of drug-likeness (QED) is 0.374. The summed E-state index contributed by atoms with van der Waals surface area (Å²) in [6, 6.07) is 5.30. The second-order valence-electron chi connectivity index (χ2n) is 3.48. The van der Waals surface area contributed by atoms with E-state index in [9.17, 15) is 23.6 Å². The van der Waals surface area contributed by atoms with Crippen LogP contribution >= 0.6 is 22.6 Å². The molecule has 0 aliphatic carbocycles. The molecule has 94 valence electrons. The Hall–Kier alpha value is -0.740. The minimum Gasteiger partial charge on any atom is -0.386 e. The normalized spacial score (nSPS) is 15.2. The smallest absolute Gasteiger partial charge is 0.269 e. The zero-order chi connectivity index (χ0) is 13.2. The Bertz CT molecular complexity index is 530. The van der Waals surface area contributed by atoms with Gasteiger partial charge in [0.25, 0.3) is 5.69 Å². The molecule has 1 aromatic carbocycles. The molecule has 0 amide bonds. The molecule has 6 nitrogen and oxygen atoms in total. The molecule has 0 aliphatic rings. The fraction of sp³-hybridized carbons (Fsp3) is 0.333. The lowest BCUT2D eigenvalue weighted by molar-refractivity contribution is -0.385. The highest BCUT2D eigenvalue weighted by Gasteiger charge is 2.28. The van der Waals surface area contributed by atoms with Gasteiger partial charge in [-0.1, -0.05) is 34.7 Å². The van der Waals surface area contributed by atoms with Gasteiger partial charge in [-0.25, -0.2) is 8.42 Å². The van der Waals surface area contributed by atoms with E-state index in [0.717, 1.165) is 6.26 Å². The SMILES string of the molecule is CS(=O)(=O)[C@@H](I)[C@H](O)c1cccc([N+](=O)[O-])c1. The maximum atomic E-state index is 11.3. The predicted octanol–water partition coefficient (Wildman–Crippen LogP) is 1.43. The number of nitro groups is 1. The van der Waals surface area contributed by atoms with Gasteiger partial charge in [0.1, 0.15) is 9.36 Å². The molecule has 1 rings (SSSR count). The van der Waals surface area contributed by atoms with Crippen LogP contribution in [0.4, 0.5) is 5.69 Å². The van der Waals surface area contributed by atoms with Crippen molar-refractivity contribution in [2.75, 3.05) is 6.26 Å². The number of hydrogen-bond donors (Lipinski definition) is 1. The number of rotatable bonds is 4. The lowest BCUT2D eigenvalue weighted by Gasteiger charge is -2.15. The van der Waals surface area contributed by atoms with E-state index in [-0.39, 0.29) is 11.3 Å². The molecular formula is C9H10INO5S. The Balaban J connectivity index is 3.09. The number of nitrogens with zero attached hydrogens (tertiary/aromatic N) is 1. The summed E-state index contributed by atoms with van der Waals surface area (Å²) >= 11 is 1.60. The third kappa shape index (κ3) is 3.61. The standard InChI is InChI=1S/C9H10INO5S/c1-17(15,16)9(10)8(12)6-3-2-4-7(5-6)11(13)14/h2-5,8-9,12H,1H3/t8-,9-/m1/s1. The van der Waals surface area contributed by atoms with E-state index in [1.165, 1.54) is 24.3 Å². The van der Waals surface area contributed by atoms with Gasteiger partial charge < -0.3 is 5.11 Å². The van der Waals surface area contributed by atoms with E-state index in [0.29, 0.717) is 0 Å². The third-order valence-corrected chi connectivity index (χ3v) is 6.61. The van der Waals surface area contributed by atoms with E-state index in [1.54, 1.807) is 22.6 Å². The Kier molecular flexibility index (Phi) is 4.44. The minimum atomic E-state index is -3.42. The van der Waals surface area contributed by atoms with Gasteiger partial charge in [-0.3, -0.25) is 10.1 Å². The molecule has 0 fully saturated rings. The van der Waals surface area contributed by atoms with Crippen molar-refractivity contribution in [3.8, 4) is 0 Å². The molecule has 0 saturated heterocycles. The molecule has 0 aromatic heterocycles. The largest absolute Gasteiger partial charge is 0.386 e. The first-order chi connectivity index (χ1) is 7.73. The van der Waals surface area contributed by atoms with Gasteiger partial charge in [-0.15, -0.1) is 0 Å². The second-order valence-corrected chi connectivity index (χ2v) is 7.83. The Morgan fingerprint density at radius 2 is 2.06 bits per heavy atom. The van der Waals surface area contributed by atoms with E-state index in [4.69, 9.17) is 0 Å². The van der Waals surface area contributed by atoms with Gasteiger partial charge in [0.15, 0.2) is 9.84 Å². The van der Waals surface area contributed by atoms with Crippen LogP contribution in [0.25, 0.3) is 0 Å². The first-order valence-electron chi connectivity index (χ1n) is 4.49. The topological polar surface area (TPSA) is 97.5 Å². The lowest BCUT2D eigenvalue weighted by Crippen LogP contribution is -2.21. The van der Waals surface area contributed by atoms with Crippen LogP contribution in [0.3, 0.4) is 0 Å². The fourth-order valence-electron chi connectivity index (χ4n) is 1.21. The van der Waals surface area contributed by atoms with Crippen LogP contribution in [0.5, 0.6) is 0 Å². The summed E-state index contributed by atoms with van der Waals surface area (Å²) in [6.45, 7) is 0. The molecule has 0 bridgehead atoms. The summed E-state index contributed by atoms with van der Waals surface area (Å²) < 4.78 is 21.5. The first-order valence-corrected chi connectivity index (χ1v) is 7.69.